The van der Waals surface area contributed by atoms with E-state index in [4.69, 9.17) is 5.26 Å². The van der Waals surface area contributed by atoms with Crippen LogP contribution in [0.1, 0.15) is 37.4 Å². The molecule has 0 radical (unpaired) electrons. The van der Waals surface area contributed by atoms with Crippen LogP contribution in [0.25, 0.3) is 0 Å². The van der Waals surface area contributed by atoms with Gasteiger partial charge in [0, 0.05) is 25.7 Å². The van der Waals surface area contributed by atoms with Crippen LogP contribution in [0, 0.1) is 11.3 Å². The van der Waals surface area contributed by atoms with E-state index in [1.165, 1.54) is 0 Å². The lowest BCUT2D eigenvalue weighted by atomic mass is 10.1. The maximum Gasteiger partial charge on any atom is 0.214 e. The van der Waals surface area contributed by atoms with Crippen LogP contribution in [-0.2, 0) is 10.0 Å². The van der Waals surface area contributed by atoms with Gasteiger partial charge in [-0.2, -0.15) is 5.26 Å². The Labute approximate surface area is 133 Å². The summed E-state index contributed by atoms with van der Waals surface area (Å²) in [5.41, 5.74) is 1.80. The fourth-order valence-corrected chi connectivity index (χ4v) is 4.37. The number of sulfonamides is 1. The molecule has 5 nitrogen and oxygen atoms in total. The first kappa shape index (κ1) is 16.9. The van der Waals surface area contributed by atoms with Crippen molar-refractivity contribution in [2.75, 3.05) is 31.9 Å². The quantitative estimate of drug-likeness (QED) is 0.803. The summed E-state index contributed by atoms with van der Waals surface area (Å²) in [6.45, 7) is 6.97. The van der Waals surface area contributed by atoms with Gasteiger partial charge in [0.1, 0.15) is 0 Å². The molecule has 22 heavy (non-hydrogen) atoms. The van der Waals surface area contributed by atoms with Gasteiger partial charge in [0.2, 0.25) is 10.0 Å². The molecule has 6 heteroatoms. The fourth-order valence-electron chi connectivity index (χ4n) is 2.85. The molecule has 0 bridgehead atoms. The lowest BCUT2D eigenvalue weighted by molar-refractivity contribution is 0.207. The zero-order valence-corrected chi connectivity index (χ0v) is 14.0. The molecule has 0 N–H and O–H groups in total. The maximum atomic E-state index is 11.8. The highest BCUT2D eigenvalue weighted by Gasteiger charge is 2.28. The summed E-state index contributed by atoms with van der Waals surface area (Å²) in [5, 5.41) is 8.85. The average molecular weight is 321 g/mol. The monoisotopic (exact) mass is 321 g/mol. The predicted octanol–water partition coefficient (Wildman–Crippen LogP) is 1.98. The van der Waals surface area contributed by atoms with Gasteiger partial charge in [0.25, 0.3) is 0 Å². The highest BCUT2D eigenvalue weighted by molar-refractivity contribution is 7.89. The van der Waals surface area contributed by atoms with Crippen LogP contribution in [-0.4, -0.2) is 49.6 Å². The predicted molar refractivity (Wildman–Crippen MR) is 86.8 cm³/mol. The summed E-state index contributed by atoms with van der Waals surface area (Å²) in [6.07, 6.45) is 0.736. The van der Waals surface area contributed by atoms with Gasteiger partial charge in [0.15, 0.2) is 0 Å². The maximum absolute atomic E-state index is 11.8. The van der Waals surface area contributed by atoms with Crippen molar-refractivity contribution in [1.82, 2.24) is 9.21 Å². The molecule has 1 heterocycles. The number of nitrogens with zero attached hydrogens (tertiary/aromatic N) is 3. The van der Waals surface area contributed by atoms with E-state index in [0.717, 1.165) is 25.1 Å². The molecule has 0 unspecified atom stereocenters. The highest BCUT2D eigenvalue weighted by atomic mass is 32.2. The standard InChI is InChI=1S/C16H23N3O2S/c1-3-18(10-11-19-9-4-12-22(19,20)21)14(2)16-7-5-15(13-17)6-8-16/h5-8,14H,3-4,9-12H2,1-2H3/t14-/m0/s1. The number of rotatable bonds is 6. The molecule has 0 saturated carbocycles. The molecule has 1 aliphatic heterocycles. The molecular weight excluding hydrogens is 298 g/mol. The van der Waals surface area contributed by atoms with Gasteiger partial charge < -0.3 is 0 Å². The fraction of sp³-hybridized carbons (Fsp3) is 0.562. The minimum Gasteiger partial charge on any atom is -0.296 e. The third kappa shape index (κ3) is 3.86. The summed E-state index contributed by atoms with van der Waals surface area (Å²) in [5.74, 6) is 0.282. The SMILES string of the molecule is CCN(CCN1CCCS1(=O)=O)[C@@H](C)c1ccc(C#N)cc1. The van der Waals surface area contributed by atoms with Gasteiger partial charge in [-0.25, -0.2) is 12.7 Å². The Bertz CT molecular complexity index is 634. The number of hydrogen-bond acceptors (Lipinski definition) is 4. The summed E-state index contributed by atoms with van der Waals surface area (Å²) < 4.78 is 25.3. The van der Waals surface area contributed by atoms with Crippen molar-refractivity contribution in [2.45, 2.75) is 26.3 Å². The zero-order chi connectivity index (χ0) is 16.2. The zero-order valence-electron chi connectivity index (χ0n) is 13.2. The third-order valence-electron chi connectivity index (χ3n) is 4.32. The minimum atomic E-state index is -3.02. The largest absolute Gasteiger partial charge is 0.296 e. The highest BCUT2D eigenvalue weighted by Crippen LogP contribution is 2.21. The van der Waals surface area contributed by atoms with Crippen LogP contribution >= 0.6 is 0 Å². The van der Waals surface area contributed by atoms with E-state index in [1.807, 2.05) is 24.3 Å². The average Bonchev–Trinajstić information content (AvgIpc) is 2.86. The molecule has 1 aromatic carbocycles. The first-order valence-electron chi connectivity index (χ1n) is 7.70. The molecule has 0 spiro atoms. The molecule has 1 aromatic rings. The number of nitriles is 1. The first-order valence-corrected chi connectivity index (χ1v) is 9.30. The molecule has 1 aliphatic rings. The van der Waals surface area contributed by atoms with Gasteiger partial charge in [-0.15, -0.1) is 0 Å². The molecular formula is C16H23N3O2S. The van der Waals surface area contributed by atoms with Crippen LogP contribution in [0.3, 0.4) is 0 Å². The van der Waals surface area contributed by atoms with Crippen molar-refractivity contribution < 1.29 is 8.42 Å². The van der Waals surface area contributed by atoms with Gasteiger partial charge in [0.05, 0.1) is 17.4 Å². The van der Waals surface area contributed by atoms with Crippen molar-refractivity contribution in [3.8, 4) is 6.07 Å². The summed E-state index contributed by atoms with van der Waals surface area (Å²) >= 11 is 0. The van der Waals surface area contributed by atoms with Crippen LogP contribution < -0.4 is 0 Å². The summed E-state index contributed by atoms with van der Waals surface area (Å²) in [6, 6.07) is 9.91. The van der Waals surface area contributed by atoms with Crippen molar-refractivity contribution >= 4 is 10.0 Å². The van der Waals surface area contributed by atoms with E-state index in [0.29, 0.717) is 18.7 Å². The van der Waals surface area contributed by atoms with Crippen molar-refractivity contribution in [3.05, 3.63) is 35.4 Å². The molecule has 1 fully saturated rings. The van der Waals surface area contributed by atoms with Gasteiger partial charge >= 0.3 is 0 Å². The third-order valence-corrected chi connectivity index (χ3v) is 6.27. The normalized spacial score (nSPS) is 19.2. The minimum absolute atomic E-state index is 0.197. The Morgan fingerprint density at radius 1 is 1.36 bits per heavy atom. The van der Waals surface area contributed by atoms with Crippen LogP contribution in [0.4, 0.5) is 0 Å². The second-order valence-electron chi connectivity index (χ2n) is 5.61. The molecule has 0 amide bonds. The van der Waals surface area contributed by atoms with Crippen LogP contribution in [0.15, 0.2) is 24.3 Å². The van der Waals surface area contributed by atoms with Crippen molar-refractivity contribution in [2.24, 2.45) is 0 Å². The second-order valence-corrected chi connectivity index (χ2v) is 7.70. The van der Waals surface area contributed by atoms with Crippen molar-refractivity contribution in [3.63, 3.8) is 0 Å². The van der Waals surface area contributed by atoms with Gasteiger partial charge in [-0.05, 0) is 37.6 Å². The number of benzene rings is 1. The van der Waals surface area contributed by atoms with Gasteiger partial charge in [-0.3, -0.25) is 4.90 Å². The molecule has 2 rings (SSSR count). The lowest BCUT2D eigenvalue weighted by Crippen LogP contribution is -2.37. The smallest absolute Gasteiger partial charge is 0.214 e. The Kier molecular flexibility index (Phi) is 5.57. The van der Waals surface area contributed by atoms with Gasteiger partial charge in [-0.1, -0.05) is 19.1 Å². The Morgan fingerprint density at radius 3 is 2.55 bits per heavy atom. The molecule has 0 aliphatic carbocycles. The van der Waals surface area contributed by atoms with E-state index >= 15 is 0 Å². The first-order chi connectivity index (χ1) is 10.5. The molecule has 120 valence electrons. The van der Waals surface area contributed by atoms with Crippen molar-refractivity contribution in [1.29, 1.82) is 5.26 Å². The summed E-state index contributed by atoms with van der Waals surface area (Å²) in [4.78, 5) is 2.26. The Balaban J connectivity index is 1.99. The van der Waals surface area contributed by atoms with E-state index in [1.54, 1.807) is 4.31 Å². The van der Waals surface area contributed by atoms with Crippen LogP contribution in [0.2, 0.25) is 0 Å². The molecule has 0 aromatic heterocycles. The van der Waals surface area contributed by atoms with E-state index < -0.39 is 10.0 Å². The topological polar surface area (TPSA) is 64.4 Å². The number of hydrogen-bond donors (Lipinski definition) is 0. The number of likely N-dealkylation sites (N-methyl/N-ethyl adjacent to an activating group) is 1. The Hall–Kier alpha value is -1.42. The van der Waals surface area contributed by atoms with E-state index in [2.05, 4.69) is 24.8 Å². The molecule has 1 saturated heterocycles. The second kappa shape index (κ2) is 7.23. The Morgan fingerprint density at radius 2 is 2.05 bits per heavy atom. The molecule has 1 atom stereocenters. The summed E-state index contributed by atoms with van der Waals surface area (Å²) in [7, 11) is -3.02. The van der Waals surface area contributed by atoms with E-state index in [9.17, 15) is 8.42 Å². The lowest BCUT2D eigenvalue weighted by Gasteiger charge is -2.29. The van der Waals surface area contributed by atoms with E-state index in [-0.39, 0.29) is 11.8 Å². The van der Waals surface area contributed by atoms with Crippen LogP contribution in [0.5, 0.6) is 0 Å².